The van der Waals surface area contributed by atoms with Crippen LogP contribution >= 0.6 is 11.3 Å². The number of para-hydroxylation sites is 1. The monoisotopic (exact) mass is 412 g/mol. The summed E-state index contributed by atoms with van der Waals surface area (Å²) >= 11 is 1.46. The Labute approximate surface area is 175 Å². The van der Waals surface area contributed by atoms with Crippen LogP contribution in [0.3, 0.4) is 0 Å². The van der Waals surface area contributed by atoms with Crippen LogP contribution < -0.4 is 4.74 Å². The summed E-state index contributed by atoms with van der Waals surface area (Å²) in [4.78, 5) is 0.710. The zero-order chi connectivity index (χ0) is 20.1. The topological polar surface area (TPSA) is 65.5 Å². The van der Waals surface area contributed by atoms with Crippen molar-refractivity contribution in [3.05, 3.63) is 77.3 Å². The lowest BCUT2D eigenvalue weighted by Crippen LogP contribution is -1.97. The average Bonchev–Trinajstić information content (AvgIpc) is 3.45. The van der Waals surface area contributed by atoms with E-state index in [0.717, 1.165) is 32.7 Å². The second kappa shape index (κ2) is 6.67. The molecule has 0 saturated heterocycles. The summed E-state index contributed by atoms with van der Waals surface area (Å²) in [5, 5.41) is 17.5. The second-order valence-electron chi connectivity index (χ2n) is 7.06. The van der Waals surface area contributed by atoms with Gasteiger partial charge in [-0.05, 0) is 35.9 Å². The molecular formula is C23H16N4O2S. The van der Waals surface area contributed by atoms with Gasteiger partial charge in [0, 0.05) is 10.9 Å². The molecule has 0 bridgehead atoms. The van der Waals surface area contributed by atoms with Gasteiger partial charge in [0.05, 0.1) is 0 Å². The molecule has 30 heavy (non-hydrogen) atoms. The molecule has 0 aliphatic rings. The molecule has 0 aliphatic heterocycles. The predicted octanol–water partition coefficient (Wildman–Crippen LogP) is 5.64. The molecule has 146 valence electrons. The molecular weight excluding hydrogens is 396 g/mol. The molecule has 6 rings (SSSR count). The van der Waals surface area contributed by atoms with E-state index in [1.54, 1.807) is 4.52 Å². The van der Waals surface area contributed by atoms with Crippen LogP contribution in [0.1, 0.15) is 10.6 Å². The van der Waals surface area contributed by atoms with Crippen LogP contribution in [0.15, 0.2) is 71.1 Å². The number of furan rings is 1. The van der Waals surface area contributed by atoms with Crippen molar-refractivity contribution in [3.63, 3.8) is 0 Å². The van der Waals surface area contributed by atoms with Crippen LogP contribution in [0.4, 0.5) is 0 Å². The number of ether oxygens (including phenoxy) is 1. The van der Waals surface area contributed by atoms with Crippen molar-refractivity contribution < 1.29 is 9.15 Å². The Hall–Kier alpha value is -3.71. The highest BCUT2D eigenvalue weighted by Crippen LogP contribution is 2.32. The summed E-state index contributed by atoms with van der Waals surface area (Å²) in [5.41, 5.74) is 1.86. The van der Waals surface area contributed by atoms with Gasteiger partial charge >= 0.3 is 0 Å². The first kappa shape index (κ1) is 17.2. The van der Waals surface area contributed by atoms with E-state index < -0.39 is 0 Å². The number of fused-ring (bicyclic) bond motifs is 3. The smallest absolute Gasteiger partial charge is 0.235 e. The van der Waals surface area contributed by atoms with Crippen molar-refractivity contribution >= 4 is 38.0 Å². The number of aromatic nitrogens is 4. The van der Waals surface area contributed by atoms with Gasteiger partial charge in [0.15, 0.2) is 10.8 Å². The summed E-state index contributed by atoms with van der Waals surface area (Å²) in [6.45, 7) is 2.39. The third kappa shape index (κ3) is 2.74. The van der Waals surface area contributed by atoms with Gasteiger partial charge in [0.1, 0.15) is 17.9 Å². The highest BCUT2D eigenvalue weighted by Gasteiger charge is 2.20. The molecule has 0 amide bonds. The van der Waals surface area contributed by atoms with Gasteiger partial charge in [-0.2, -0.15) is 9.61 Å². The maximum Gasteiger partial charge on any atom is 0.235 e. The Morgan fingerprint density at radius 2 is 1.80 bits per heavy atom. The quantitative estimate of drug-likeness (QED) is 0.375. The summed E-state index contributed by atoms with van der Waals surface area (Å²) < 4.78 is 13.8. The van der Waals surface area contributed by atoms with Gasteiger partial charge in [0.25, 0.3) is 0 Å². The lowest BCUT2D eigenvalue weighted by molar-refractivity contribution is 0.304. The van der Waals surface area contributed by atoms with Crippen LogP contribution in [0, 0.1) is 6.92 Å². The Kier molecular flexibility index (Phi) is 3.82. The number of hydrogen-bond donors (Lipinski definition) is 0. The van der Waals surface area contributed by atoms with Crippen molar-refractivity contribution in [2.45, 2.75) is 13.5 Å². The minimum Gasteiger partial charge on any atom is -0.486 e. The lowest BCUT2D eigenvalue weighted by atomic mass is 10.1. The third-order valence-electron chi connectivity index (χ3n) is 5.16. The minimum atomic E-state index is 0.366. The molecule has 0 fully saturated rings. The van der Waals surface area contributed by atoms with Gasteiger partial charge in [-0.1, -0.05) is 59.9 Å². The molecule has 0 N–H and O–H groups in total. The fourth-order valence-corrected chi connectivity index (χ4v) is 4.39. The fraction of sp³-hybridized carbons (Fsp3) is 0.0870. The molecule has 6 aromatic rings. The number of hydrogen-bond acceptors (Lipinski definition) is 6. The maximum atomic E-state index is 6.04. The summed E-state index contributed by atoms with van der Waals surface area (Å²) in [6.07, 6.45) is 0. The van der Waals surface area contributed by atoms with Crippen LogP contribution in [0.2, 0.25) is 0 Å². The van der Waals surface area contributed by atoms with Crippen LogP contribution in [-0.4, -0.2) is 19.8 Å². The highest BCUT2D eigenvalue weighted by molar-refractivity contribution is 7.16. The van der Waals surface area contributed by atoms with Gasteiger partial charge in [-0.25, -0.2) is 0 Å². The van der Waals surface area contributed by atoms with E-state index in [-0.39, 0.29) is 0 Å². The standard InChI is InChI=1S/C23H16N4O2S/c1-14-18-8-4-5-9-19(18)29-21(14)22-24-25-23-27(22)26-20(30-23)13-28-17-11-10-15-6-2-3-7-16(15)12-17/h2-12H,13H2,1H3. The van der Waals surface area contributed by atoms with E-state index in [9.17, 15) is 0 Å². The number of nitrogens with zero attached hydrogens (tertiary/aromatic N) is 4. The van der Waals surface area contributed by atoms with E-state index in [1.807, 2.05) is 55.5 Å². The molecule has 0 aliphatic carbocycles. The largest absolute Gasteiger partial charge is 0.486 e. The van der Waals surface area contributed by atoms with E-state index in [2.05, 4.69) is 33.5 Å². The van der Waals surface area contributed by atoms with Gasteiger partial charge < -0.3 is 9.15 Å². The van der Waals surface area contributed by atoms with Crippen LogP contribution in [0.25, 0.3) is 38.3 Å². The molecule has 3 heterocycles. The molecule has 0 spiro atoms. The van der Waals surface area contributed by atoms with Crippen LogP contribution in [-0.2, 0) is 6.61 Å². The fourth-order valence-electron chi connectivity index (χ4n) is 3.65. The summed E-state index contributed by atoms with van der Waals surface area (Å²) in [6, 6.07) is 22.2. The van der Waals surface area contributed by atoms with Gasteiger partial charge in [0.2, 0.25) is 10.8 Å². The molecule has 0 unspecified atom stereocenters. The predicted molar refractivity (Wildman–Crippen MR) is 117 cm³/mol. The van der Waals surface area contributed by atoms with Crippen molar-refractivity contribution in [1.29, 1.82) is 0 Å². The third-order valence-corrected chi connectivity index (χ3v) is 6.04. The Bertz CT molecular complexity index is 1530. The zero-order valence-corrected chi connectivity index (χ0v) is 16.9. The van der Waals surface area contributed by atoms with E-state index in [4.69, 9.17) is 9.15 Å². The Morgan fingerprint density at radius 1 is 0.967 bits per heavy atom. The van der Waals surface area contributed by atoms with Gasteiger partial charge in [-0.15, -0.1) is 10.2 Å². The number of aryl methyl sites for hydroxylation is 1. The van der Waals surface area contributed by atoms with E-state index >= 15 is 0 Å². The van der Waals surface area contributed by atoms with Gasteiger partial charge in [-0.3, -0.25) is 0 Å². The summed E-state index contributed by atoms with van der Waals surface area (Å²) in [7, 11) is 0. The Morgan fingerprint density at radius 3 is 2.70 bits per heavy atom. The maximum absolute atomic E-state index is 6.04. The number of rotatable bonds is 4. The zero-order valence-electron chi connectivity index (χ0n) is 16.1. The Balaban J connectivity index is 1.31. The molecule has 3 aromatic carbocycles. The first-order chi connectivity index (χ1) is 14.8. The average molecular weight is 412 g/mol. The van der Waals surface area contributed by atoms with E-state index in [0.29, 0.717) is 23.2 Å². The van der Waals surface area contributed by atoms with Crippen molar-refractivity contribution in [2.75, 3.05) is 0 Å². The first-order valence-corrected chi connectivity index (χ1v) is 10.4. The SMILES string of the molecule is Cc1c(-c2nnc3sc(COc4ccc5ccccc5c4)nn23)oc2ccccc12. The van der Waals surface area contributed by atoms with Crippen LogP contribution in [0.5, 0.6) is 5.75 Å². The molecule has 0 atom stereocenters. The molecule has 7 heteroatoms. The first-order valence-electron chi connectivity index (χ1n) is 9.57. The highest BCUT2D eigenvalue weighted by atomic mass is 32.1. The molecule has 0 radical (unpaired) electrons. The van der Waals surface area contributed by atoms with Crippen molar-refractivity contribution in [1.82, 2.24) is 19.8 Å². The van der Waals surface area contributed by atoms with E-state index in [1.165, 1.54) is 16.7 Å². The molecule has 0 saturated carbocycles. The van der Waals surface area contributed by atoms with Crippen molar-refractivity contribution in [3.8, 4) is 17.3 Å². The lowest BCUT2D eigenvalue weighted by Gasteiger charge is -2.05. The molecule has 6 nitrogen and oxygen atoms in total. The normalized spacial score (nSPS) is 11.6. The summed E-state index contributed by atoms with van der Waals surface area (Å²) in [5.74, 6) is 2.11. The molecule has 3 aromatic heterocycles. The minimum absolute atomic E-state index is 0.366. The number of benzene rings is 3. The van der Waals surface area contributed by atoms with Crippen molar-refractivity contribution in [2.24, 2.45) is 0 Å². The second-order valence-corrected chi connectivity index (χ2v) is 8.10.